The van der Waals surface area contributed by atoms with Crippen LogP contribution in [-0.2, 0) is 0 Å². The first-order chi connectivity index (χ1) is 9.24. The van der Waals surface area contributed by atoms with E-state index in [1.165, 1.54) is 11.3 Å². The summed E-state index contributed by atoms with van der Waals surface area (Å²) >= 11 is 1.49. The molecule has 0 spiro atoms. The number of fused-ring (bicyclic) bond motifs is 1. The molecule has 0 amide bonds. The smallest absolute Gasteiger partial charge is 0.126 e. The number of thiophene rings is 1. The summed E-state index contributed by atoms with van der Waals surface area (Å²) in [5.74, 6) is 0.921. The molecule has 0 unspecified atom stereocenters. The Morgan fingerprint density at radius 1 is 1.42 bits per heavy atom. The molecule has 1 saturated heterocycles. The molecule has 0 bridgehead atoms. The third-order valence-electron chi connectivity index (χ3n) is 3.55. The van der Waals surface area contributed by atoms with Gasteiger partial charge in [-0.3, -0.25) is 0 Å². The predicted molar refractivity (Wildman–Crippen MR) is 78.5 cm³/mol. The largest absolute Gasteiger partial charge is 0.367 e. The first kappa shape index (κ1) is 12.4. The van der Waals surface area contributed by atoms with Gasteiger partial charge < -0.3 is 10.2 Å². The average Bonchev–Trinajstić information content (AvgIpc) is 2.83. The molecule has 1 N–H and O–H groups in total. The molecule has 1 aliphatic rings. The number of aromatic nitrogens is 1. The number of nitriles is 1. The van der Waals surface area contributed by atoms with Gasteiger partial charge in [-0.15, -0.1) is 11.3 Å². The molecule has 0 saturated carbocycles. The van der Waals surface area contributed by atoms with Crippen molar-refractivity contribution in [1.29, 1.82) is 5.26 Å². The van der Waals surface area contributed by atoms with E-state index in [1.807, 2.05) is 18.2 Å². The molecule has 3 heterocycles. The van der Waals surface area contributed by atoms with Gasteiger partial charge in [0.1, 0.15) is 16.8 Å². The van der Waals surface area contributed by atoms with E-state index in [0.29, 0.717) is 6.04 Å². The fourth-order valence-electron chi connectivity index (χ4n) is 2.42. The average molecular weight is 272 g/mol. The highest BCUT2D eigenvalue weighted by Gasteiger charge is 2.16. The molecule has 5 heteroatoms. The molecule has 2 aromatic heterocycles. The van der Waals surface area contributed by atoms with Gasteiger partial charge >= 0.3 is 0 Å². The van der Waals surface area contributed by atoms with Crippen molar-refractivity contribution in [1.82, 2.24) is 9.88 Å². The van der Waals surface area contributed by atoms with Crippen LogP contribution in [0.15, 0.2) is 18.2 Å². The first-order valence-corrected chi connectivity index (χ1v) is 7.32. The Kier molecular flexibility index (Phi) is 3.36. The van der Waals surface area contributed by atoms with Crippen molar-refractivity contribution < 1.29 is 0 Å². The van der Waals surface area contributed by atoms with Crippen molar-refractivity contribution in [2.45, 2.75) is 18.9 Å². The molecule has 3 rings (SSSR count). The van der Waals surface area contributed by atoms with Gasteiger partial charge in [-0.25, -0.2) is 4.98 Å². The van der Waals surface area contributed by atoms with Gasteiger partial charge in [0.2, 0.25) is 0 Å². The third-order valence-corrected chi connectivity index (χ3v) is 4.55. The molecular formula is C14H16N4S. The highest BCUT2D eigenvalue weighted by atomic mass is 32.1. The standard InChI is InChI=1S/C14H16N4S/c1-18-6-4-10(5-7-18)16-14-3-2-13-12(17-14)8-11(9-15)19-13/h2-3,8,10H,4-7H2,1H3,(H,16,17). The summed E-state index contributed by atoms with van der Waals surface area (Å²) in [6.45, 7) is 2.27. The number of hydrogen-bond acceptors (Lipinski definition) is 5. The van der Waals surface area contributed by atoms with E-state index in [4.69, 9.17) is 5.26 Å². The Hall–Kier alpha value is -1.64. The number of nitrogens with zero attached hydrogens (tertiary/aromatic N) is 3. The Bertz CT molecular complexity index is 620. The molecule has 1 fully saturated rings. The second-order valence-electron chi connectivity index (χ2n) is 5.02. The fourth-order valence-corrected chi connectivity index (χ4v) is 3.22. The summed E-state index contributed by atoms with van der Waals surface area (Å²) in [6, 6.07) is 8.60. The second-order valence-corrected chi connectivity index (χ2v) is 6.11. The maximum atomic E-state index is 8.91. The summed E-state index contributed by atoms with van der Waals surface area (Å²) in [7, 11) is 2.16. The van der Waals surface area contributed by atoms with Gasteiger partial charge in [-0.1, -0.05) is 0 Å². The monoisotopic (exact) mass is 272 g/mol. The third kappa shape index (κ3) is 2.70. The molecule has 0 radical (unpaired) electrons. The summed E-state index contributed by atoms with van der Waals surface area (Å²) in [5, 5.41) is 12.4. The van der Waals surface area contributed by atoms with Crippen molar-refractivity contribution in [2.24, 2.45) is 0 Å². The van der Waals surface area contributed by atoms with Gasteiger partial charge in [-0.2, -0.15) is 5.26 Å². The van der Waals surface area contributed by atoms with Gasteiger partial charge in [0.15, 0.2) is 0 Å². The minimum Gasteiger partial charge on any atom is -0.367 e. The molecule has 98 valence electrons. The van der Waals surface area contributed by atoms with E-state index >= 15 is 0 Å². The number of anilines is 1. The predicted octanol–water partition coefficient (Wildman–Crippen LogP) is 2.67. The molecule has 4 nitrogen and oxygen atoms in total. The van der Waals surface area contributed by atoms with E-state index in [1.54, 1.807) is 0 Å². The molecule has 0 aromatic carbocycles. The van der Waals surface area contributed by atoms with Crippen LogP contribution in [0.3, 0.4) is 0 Å². The van der Waals surface area contributed by atoms with E-state index < -0.39 is 0 Å². The minimum atomic E-state index is 0.509. The normalized spacial score (nSPS) is 17.5. The maximum absolute atomic E-state index is 8.91. The Labute approximate surface area is 116 Å². The van der Waals surface area contributed by atoms with Crippen molar-refractivity contribution in [2.75, 3.05) is 25.5 Å². The summed E-state index contributed by atoms with van der Waals surface area (Å²) < 4.78 is 1.07. The van der Waals surface area contributed by atoms with E-state index in [2.05, 4.69) is 28.3 Å². The van der Waals surface area contributed by atoms with Crippen LogP contribution in [0.1, 0.15) is 17.7 Å². The van der Waals surface area contributed by atoms with Crippen molar-refractivity contribution in [3.05, 3.63) is 23.1 Å². The lowest BCUT2D eigenvalue weighted by molar-refractivity contribution is 0.263. The maximum Gasteiger partial charge on any atom is 0.126 e. The van der Waals surface area contributed by atoms with E-state index in [-0.39, 0.29) is 0 Å². The summed E-state index contributed by atoms with van der Waals surface area (Å²) in [4.78, 5) is 7.67. The van der Waals surface area contributed by atoms with Gasteiger partial charge in [-0.05, 0) is 51.2 Å². The fraction of sp³-hybridized carbons (Fsp3) is 0.429. The second kappa shape index (κ2) is 5.16. The number of piperidine rings is 1. The van der Waals surface area contributed by atoms with Crippen LogP contribution in [0.4, 0.5) is 5.82 Å². The Morgan fingerprint density at radius 3 is 2.95 bits per heavy atom. The molecule has 0 aliphatic carbocycles. The van der Waals surface area contributed by atoms with E-state index in [9.17, 15) is 0 Å². The van der Waals surface area contributed by atoms with Gasteiger partial charge in [0.05, 0.1) is 10.2 Å². The zero-order valence-corrected chi connectivity index (χ0v) is 11.7. The van der Waals surface area contributed by atoms with Crippen molar-refractivity contribution in [3.63, 3.8) is 0 Å². The lowest BCUT2D eigenvalue weighted by Crippen LogP contribution is -2.36. The quantitative estimate of drug-likeness (QED) is 0.913. The van der Waals surface area contributed by atoms with Crippen LogP contribution < -0.4 is 5.32 Å². The van der Waals surface area contributed by atoms with Crippen LogP contribution in [0, 0.1) is 11.3 Å². The zero-order valence-electron chi connectivity index (χ0n) is 10.9. The number of pyridine rings is 1. The van der Waals surface area contributed by atoms with Gasteiger partial charge in [0.25, 0.3) is 0 Å². The number of likely N-dealkylation sites (tertiary alicyclic amines) is 1. The van der Waals surface area contributed by atoms with Gasteiger partial charge in [0, 0.05) is 6.04 Å². The summed E-state index contributed by atoms with van der Waals surface area (Å²) in [6.07, 6.45) is 2.31. The summed E-state index contributed by atoms with van der Waals surface area (Å²) in [5.41, 5.74) is 0.916. The number of nitrogens with one attached hydrogen (secondary N) is 1. The topological polar surface area (TPSA) is 52.0 Å². The molecular weight excluding hydrogens is 256 g/mol. The molecule has 2 aromatic rings. The first-order valence-electron chi connectivity index (χ1n) is 6.50. The Morgan fingerprint density at radius 2 is 2.21 bits per heavy atom. The minimum absolute atomic E-state index is 0.509. The molecule has 1 aliphatic heterocycles. The Balaban J connectivity index is 1.76. The SMILES string of the molecule is CN1CCC(Nc2ccc3sc(C#N)cc3n2)CC1. The highest BCUT2D eigenvalue weighted by Crippen LogP contribution is 2.25. The zero-order chi connectivity index (χ0) is 13.2. The molecule has 0 atom stereocenters. The van der Waals surface area contributed by atoms with E-state index in [0.717, 1.165) is 46.8 Å². The van der Waals surface area contributed by atoms with Crippen LogP contribution in [0.2, 0.25) is 0 Å². The number of rotatable bonds is 2. The van der Waals surface area contributed by atoms with Crippen LogP contribution >= 0.6 is 11.3 Å². The van der Waals surface area contributed by atoms with Crippen LogP contribution in [-0.4, -0.2) is 36.1 Å². The van der Waals surface area contributed by atoms with Crippen LogP contribution in [0.25, 0.3) is 10.2 Å². The lowest BCUT2D eigenvalue weighted by Gasteiger charge is -2.29. The van der Waals surface area contributed by atoms with Crippen molar-refractivity contribution in [3.8, 4) is 6.07 Å². The molecule has 19 heavy (non-hydrogen) atoms. The van der Waals surface area contributed by atoms with Crippen molar-refractivity contribution >= 4 is 27.4 Å². The highest BCUT2D eigenvalue weighted by molar-refractivity contribution is 7.19. The number of hydrogen-bond donors (Lipinski definition) is 1. The van der Waals surface area contributed by atoms with Crippen LogP contribution in [0.5, 0.6) is 0 Å². The lowest BCUT2D eigenvalue weighted by atomic mass is 10.1.